The van der Waals surface area contributed by atoms with Crippen LogP contribution in [0, 0.1) is 5.82 Å². The largest absolute Gasteiger partial charge is 0.465 e. The molecule has 0 spiro atoms. The van der Waals surface area contributed by atoms with E-state index >= 15 is 0 Å². The van der Waals surface area contributed by atoms with Gasteiger partial charge in [0, 0.05) is 24.4 Å². The first-order valence-corrected chi connectivity index (χ1v) is 12.4. The van der Waals surface area contributed by atoms with Gasteiger partial charge in [0.1, 0.15) is 10.0 Å². The molecule has 10 heteroatoms. The number of carbonyl (C=O) groups excluding carboxylic acids is 2. The summed E-state index contributed by atoms with van der Waals surface area (Å²) in [5.74, 6) is -1.11. The van der Waals surface area contributed by atoms with E-state index in [9.17, 15) is 22.4 Å². The molecule has 1 aromatic heterocycles. The van der Waals surface area contributed by atoms with Gasteiger partial charge in [-0.05, 0) is 42.5 Å². The van der Waals surface area contributed by atoms with E-state index < -0.39 is 16.0 Å². The van der Waals surface area contributed by atoms with Crippen molar-refractivity contribution in [1.29, 1.82) is 0 Å². The Labute approximate surface area is 190 Å². The van der Waals surface area contributed by atoms with Gasteiger partial charge in [0.25, 0.3) is 10.0 Å². The summed E-state index contributed by atoms with van der Waals surface area (Å²) in [5.41, 5.74) is 1.44. The molecule has 0 bridgehead atoms. The lowest BCUT2D eigenvalue weighted by Gasteiger charge is -2.27. The van der Waals surface area contributed by atoms with E-state index in [0.717, 1.165) is 16.9 Å². The third-order valence-electron chi connectivity index (χ3n) is 5.19. The van der Waals surface area contributed by atoms with Crippen molar-refractivity contribution in [3.05, 3.63) is 64.3 Å². The predicted octanol–water partition coefficient (Wildman–Crippen LogP) is 3.05. The summed E-state index contributed by atoms with van der Waals surface area (Å²) in [6, 6.07) is 5.81. The second-order valence-electron chi connectivity index (χ2n) is 7.32. The maximum absolute atomic E-state index is 13.0. The number of hydrogen-bond donors (Lipinski definition) is 1. The number of methoxy groups -OCH3 is 1. The van der Waals surface area contributed by atoms with Gasteiger partial charge in [0.15, 0.2) is 0 Å². The minimum Gasteiger partial charge on any atom is -0.465 e. The van der Waals surface area contributed by atoms with E-state index in [1.807, 2.05) is 0 Å². The molecule has 0 saturated carbocycles. The normalized spacial score (nSPS) is 13.5. The Balaban J connectivity index is 1.81. The van der Waals surface area contributed by atoms with Crippen LogP contribution in [-0.4, -0.2) is 45.4 Å². The Kier molecular flexibility index (Phi) is 7.81. The number of ether oxygens (including phenoxy) is 1. The van der Waals surface area contributed by atoms with Gasteiger partial charge in [-0.25, -0.2) is 22.3 Å². The highest BCUT2D eigenvalue weighted by Gasteiger charge is 2.34. The Morgan fingerprint density at radius 1 is 1.31 bits per heavy atom. The summed E-state index contributed by atoms with van der Waals surface area (Å²) in [6.07, 6.45) is 3.32. The summed E-state index contributed by atoms with van der Waals surface area (Å²) in [4.78, 5) is 27.2. The van der Waals surface area contributed by atoms with Crippen molar-refractivity contribution in [3.63, 3.8) is 0 Å². The van der Waals surface area contributed by atoms with Crippen molar-refractivity contribution in [2.24, 2.45) is 0 Å². The fourth-order valence-corrected chi connectivity index (χ4v) is 6.49. The number of nitrogens with one attached hydrogen (secondary N) is 1. The molecule has 3 rings (SSSR count). The van der Waals surface area contributed by atoms with Gasteiger partial charge in [-0.3, -0.25) is 4.79 Å². The van der Waals surface area contributed by atoms with Gasteiger partial charge in [0.2, 0.25) is 5.91 Å². The monoisotopic (exact) mass is 480 g/mol. The van der Waals surface area contributed by atoms with Gasteiger partial charge < -0.3 is 9.64 Å². The third kappa shape index (κ3) is 5.43. The predicted molar refractivity (Wildman–Crippen MR) is 120 cm³/mol. The van der Waals surface area contributed by atoms with E-state index in [1.54, 1.807) is 23.1 Å². The van der Waals surface area contributed by atoms with Crippen LogP contribution >= 0.6 is 11.3 Å². The van der Waals surface area contributed by atoms with Crippen LogP contribution in [-0.2, 0) is 38.9 Å². The van der Waals surface area contributed by atoms with E-state index in [1.165, 1.54) is 19.2 Å². The molecule has 2 aromatic rings. The Hall–Kier alpha value is -2.56. The lowest BCUT2D eigenvalue weighted by molar-refractivity contribution is -0.131. The van der Waals surface area contributed by atoms with Gasteiger partial charge in [-0.1, -0.05) is 18.2 Å². The number of hydrogen-bond acceptors (Lipinski definition) is 6. The standard InChI is InChI=1S/C22H25FN2O5S2/c1-3-4-5-19(26)25-13-11-17-18(14-25)31-22(20(17)21(27)30-2)32(28,29)24-12-10-15-6-8-16(23)9-7-15/h3,6-9,24H,1,4-5,10-14H2,2H3. The second kappa shape index (κ2) is 10.4. The van der Waals surface area contributed by atoms with Crippen molar-refractivity contribution in [1.82, 2.24) is 9.62 Å². The van der Waals surface area contributed by atoms with Crippen molar-refractivity contribution in [3.8, 4) is 0 Å². The molecule has 1 N–H and O–H groups in total. The number of halogens is 1. The van der Waals surface area contributed by atoms with Crippen LogP contribution in [0.15, 0.2) is 41.1 Å². The molecule has 7 nitrogen and oxygen atoms in total. The molecule has 1 aliphatic heterocycles. The lowest BCUT2D eigenvalue weighted by atomic mass is 10.0. The molecule has 0 fully saturated rings. The highest BCUT2D eigenvalue weighted by Crippen LogP contribution is 2.36. The van der Waals surface area contributed by atoms with Crippen LogP contribution < -0.4 is 4.72 Å². The number of amides is 1. The summed E-state index contributed by atoms with van der Waals surface area (Å²) in [5, 5.41) is 0. The summed E-state index contributed by atoms with van der Waals surface area (Å²) < 4.78 is 46.4. The molecule has 1 amide bonds. The highest BCUT2D eigenvalue weighted by molar-refractivity contribution is 7.91. The summed E-state index contributed by atoms with van der Waals surface area (Å²) >= 11 is 0.991. The first-order valence-electron chi connectivity index (χ1n) is 10.1. The van der Waals surface area contributed by atoms with Crippen LogP contribution in [0.1, 0.15) is 39.2 Å². The van der Waals surface area contributed by atoms with Crippen LogP contribution in [0.4, 0.5) is 4.39 Å². The summed E-state index contributed by atoms with van der Waals surface area (Å²) in [7, 11) is -2.79. The average molecular weight is 481 g/mol. The molecule has 0 aliphatic carbocycles. The molecule has 172 valence electrons. The van der Waals surface area contributed by atoms with Crippen LogP contribution in [0.25, 0.3) is 0 Å². The van der Waals surface area contributed by atoms with E-state index in [2.05, 4.69) is 11.3 Å². The molecular weight excluding hydrogens is 455 g/mol. The van der Waals surface area contributed by atoms with Gasteiger partial charge in [0.05, 0.1) is 19.2 Å². The summed E-state index contributed by atoms with van der Waals surface area (Å²) in [6.45, 7) is 4.37. The maximum atomic E-state index is 13.0. The number of nitrogens with zero attached hydrogens (tertiary/aromatic N) is 1. The zero-order valence-corrected chi connectivity index (χ0v) is 19.4. The fourth-order valence-electron chi connectivity index (χ4n) is 3.52. The lowest BCUT2D eigenvalue weighted by Crippen LogP contribution is -2.35. The molecule has 0 saturated heterocycles. The van der Waals surface area contributed by atoms with Crippen LogP contribution in [0.3, 0.4) is 0 Å². The van der Waals surface area contributed by atoms with Crippen LogP contribution in [0.2, 0.25) is 0 Å². The first-order chi connectivity index (χ1) is 15.3. The van der Waals surface area contributed by atoms with Crippen molar-refractivity contribution in [2.45, 2.75) is 36.4 Å². The molecule has 1 aromatic carbocycles. The smallest absolute Gasteiger partial charge is 0.340 e. The Morgan fingerprint density at radius 3 is 2.69 bits per heavy atom. The number of allylic oxidation sites excluding steroid dienone is 1. The van der Waals surface area contributed by atoms with E-state index in [4.69, 9.17) is 4.74 Å². The Bertz CT molecular complexity index is 1110. The molecule has 32 heavy (non-hydrogen) atoms. The zero-order chi connectivity index (χ0) is 23.3. The number of thiophene rings is 1. The number of benzene rings is 1. The van der Waals surface area contributed by atoms with Crippen LogP contribution in [0.5, 0.6) is 0 Å². The number of carbonyl (C=O) groups is 2. The molecule has 0 atom stereocenters. The SMILES string of the molecule is C=CCCC(=O)N1CCc2c(sc(S(=O)(=O)NCCc3ccc(F)cc3)c2C(=O)OC)C1. The average Bonchev–Trinajstić information content (AvgIpc) is 3.18. The fraction of sp³-hybridized carbons (Fsp3) is 0.364. The number of esters is 1. The molecule has 0 unspecified atom stereocenters. The van der Waals surface area contributed by atoms with Crippen molar-refractivity contribution < 1.29 is 27.1 Å². The number of fused-ring (bicyclic) bond motifs is 1. The molecule has 1 aliphatic rings. The Morgan fingerprint density at radius 2 is 2.03 bits per heavy atom. The van der Waals surface area contributed by atoms with E-state index in [-0.39, 0.29) is 34.6 Å². The maximum Gasteiger partial charge on any atom is 0.340 e. The molecule has 2 heterocycles. The van der Waals surface area contributed by atoms with Gasteiger partial charge >= 0.3 is 5.97 Å². The highest BCUT2D eigenvalue weighted by atomic mass is 32.2. The van der Waals surface area contributed by atoms with Gasteiger partial charge in [-0.15, -0.1) is 17.9 Å². The number of rotatable bonds is 9. The first kappa shape index (κ1) is 24.1. The molecular formula is C22H25FN2O5S2. The molecule has 0 radical (unpaired) electrons. The quantitative estimate of drug-likeness (QED) is 0.440. The number of sulfonamides is 1. The van der Waals surface area contributed by atoms with Crippen molar-refractivity contribution in [2.75, 3.05) is 20.2 Å². The minimum atomic E-state index is -3.99. The zero-order valence-electron chi connectivity index (χ0n) is 17.7. The third-order valence-corrected chi connectivity index (χ3v) is 8.39. The topological polar surface area (TPSA) is 92.8 Å². The van der Waals surface area contributed by atoms with Crippen molar-refractivity contribution >= 4 is 33.2 Å². The van der Waals surface area contributed by atoms with Gasteiger partial charge in [-0.2, -0.15) is 0 Å². The minimum absolute atomic E-state index is 0.0367. The van der Waals surface area contributed by atoms with E-state index in [0.29, 0.717) is 42.7 Å². The second-order valence-corrected chi connectivity index (χ2v) is 10.4.